The summed E-state index contributed by atoms with van der Waals surface area (Å²) in [6.07, 6.45) is 41.3. The third kappa shape index (κ3) is 42.2. The zero-order valence-corrected chi connectivity index (χ0v) is 26.3. The molecule has 0 unspecified atom stereocenters. The largest absolute Gasteiger partial charge is 0.481 e. The molecule has 0 saturated heterocycles. The minimum Gasteiger partial charge on any atom is -0.481 e. The minimum atomic E-state index is -0.652. The van der Waals surface area contributed by atoms with Crippen molar-refractivity contribution in [2.45, 2.75) is 213 Å². The fraction of sp³-hybridized carbons (Fsp3) is 0.943. The van der Waals surface area contributed by atoms with Crippen LogP contribution in [0, 0.1) is 0 Å². The second-order valence-corrected chi connectivity index (χ2v) is 11.6. The van der Waals surface area contributed by atoms with Gasteiger partial charge in [0.1, 0.15) is 6.29 Å². The van der Waals surface area contributed by atoms with E-state index in [0.717, 1.165) is 32.0 Å². The van der Waals surface area contributed by atoms with Crippen molar-refractivity contribution in [2.24, 2.45) is 0 Å². The average molecular weight is 539 g/mol. The van der Waals surface area contributed by atoms with Crippen molar-refractivity contribution in [3.05, 3.63) is 0 Å². The van der Waals surface area contributed by atoms with Crippen molar-refractivity contribution in [2.75, 3.05) is 0 Å². The van der Waals surface area contributed by atoms with Crippen LogP contribution in [0.3, 0.4) is 0 Å². The van der Waals surface area contributed by atoms with Gasteiger partial charge in [0.05, 0.1) is 0 Å². The summed E-state index contributed by atoms with van der Waals surface area (Å²) < 4.78 is 0. The van der Waals surface area contributed by atoms with Gasteiger partial charge in [-0.25, -0.2) is 0 Å². The van der Waals surface area contributed by atoms with Crippen LogP contribution in [0.25, 0.3) is 0 Å². The quantitative estimate of drug-likeness (QED) is 0.0705. The lowest BCUT2D eigenvalue weighted by molar-refractivity contribution is -0.137. The monoisotopic (exact) mass is 539 g/mol. The molecule has 0 aromatic rings. The van der Waals surface area contributed by atoms with Crippen molar-refractivity contribution >= 4 is 12.3 Å². The van der Waals surface area contributed by atoms with Gasteiger partial charge in [0.15, 0.2) is 0 Å². The van der Waals surface area contributed by atoms with Crippen molar-refractivity contribution in [1.29, 1.82) is 0 Å². The van der Waals surface area contributed by atoms with Crippen LogP contribution in [0.15, 0.2) is 0 Å². The lowest BCUT2D eigenvalue weighted by atomic mass is 10.0. The van der Waals surface area contributed by atoms with E-state index in [1.165, 1.54) is 167 Å². The van der Waals surface area contributed by atoms with Gasteiger partial charge in [0.2, 0.25) is 0 Å². The molecule has 228 valence electrons. The lowest BCUT2D eigenvalue weighted by Crippen LogP contribution is -1.93. The fourth-order valence-electron chi connectivity index (χ4n) is 5.07. The fourth-order valence-corrected chi connectivity index (χ4v) is 5.07. The molecule has 3 nitrogen and oxygen atoms in total. The first-order valence-electron chi connectivity index (χ1n) is 17.3. The highest BCUT2D eigenvalue weighted by Gasteiger charge is 1.97. The van der Waals surface area contributed by atoms with Gasteiger partial charge in [-0.15, -0.1) is 0 Å². The maximum atomic E-state index is 10.4. The SMILES string of the molecule is CCCCCCCCCCCCCCC=O.CCCCCCCCCCCCCCCCCCCC(=O)O. The molecule has 0 aliphatic carbocycles. The molecule has 0 radical (unpaired) electrons. The van der Waals surface area contributed by atoms with E-state index in [2.05, 4.69) is 13.8 Å². The van der Waals surface area contributed by atoms with Crippen molar-refractivity contribution in [3.8, 4) is 0 Å². The molecule has 0 bridgehead atoms. The first-order chi connectivity index (χ1) is 18.7. The Morgan fingerprint density at radius 2 is 0.658 bits per heavy atom. The summed E-state index contributed by atoms with van der Waals surface area (Å²) in [5.74, 6) is -0.652. The van der Waals surface area contributed by atoms with Crippen molar-refractivity contribution in [3.63, 3.8) is 0 Å². The summed E-state index contributed by atoms with van der Waals surface area (Å²) in [7, 11) is 0. The Hall–Kier alpha value is -0.860. The van der Waals surface area contributed by atoms with E-state index in [0.29, 0.717) is 6.42 Å². The number of hydrogen-bond donors (Lipinski definition) is 1. The van der Waals surface area contributed by atoms with Crippen LogP contribution in [0.4, 0.5) is 0 Å². The number of carboxylic acid groups (broad SMARTS) is 1. The van der Waals surface area contributed by atoms with E-state index in [1.54, 1.807) is 0 Å². The topological polar surface area (TPSA) is 54.4 Å². The summed E-state index contributed by atoms with van der Waals surface area (Å²) >= 11 is 0. The average Bonchev–Trinajstić information content (AvgIpc) is 2.91. The molecule has 0 fully saturated rings. The number of carboxylic acids is 1. The van der Waals surface area contributed by atoms with E-state index in [9.17, 15) is 9.59 Å². The molecule has 0 saturated carbocycles. The first-order valence-corrected chi connectivity index (χ1v) is 17.3. The van der Waals surface area contributed by atoms with Crippen LogP contribution in [-0.4, -0.2) is 17.4 Å². The van der Waals surface area contributed by atoms with Gasteiger partial charge in [-0.1, -0.05) is 187 Å². The Bertz CT molecular complexity index is 435. The number of carbonyl (C=O) groups is 2. The number of aldehydes is 1. The Labute approximate surface area is 239 Å². The molecule has 0 atom stereocenters. The molecule has 0 spiro atoms. The van der Waals surface area contributed by atoms with E-state index >= 15 is 0 Å². The summed E-state index contributed by atoms with van der Waals surface area (Å²) in [4.78, 5) is 20.4. The third-order valence-electron chi connectivity index (χ3n) is 7.67. The van der Waals surface area contributed by atoms with Gasteiger partial charge in [-0.05, 0) is 12.8 Å². The molecule has 0 aromatic carbocycles. The molecule has 38 heavy (non-hydrogen) atoms. The summed E-state index contributed by atoms with van der Waals surface area (Å²) in [5, 5.41) is 8.54. The second kappa shape index (κ2) is 38.3. The van der Waals surface area contributed by atoms with E-state index in [-0.39, 0.29) is 0 Å². The third-order valence-corrected chi connectivity index (χ3v) is 7.67. The number of carbonyl (C=O) groups excluding carboxylic acids is 1. The summed E-state index contributed by atoms with van der Waals surface area (Å²) in [6.45, 7) is 4.55. The molecular formula is C35H70O3. The van der Waals surface area contributed by atoms with Gasteiger partial charge in [0, 0.05) is 12.8 Å². The molecular weight excluding hydrogens is 468 g/mol. The standard InChI is InChI=1S/C20H40O2.C15H30O/c1-2-3-4-5-6-7-8-9-10-11-12-13-14-15-16-17-18-19-20(21)22;1-2-3-4-5-6-7-8-9-10-11-12-13-14-15-16/h2-19H2,1H3,(H,21,22);15H,2-14H2,1H3. The van der Waals surface area contributed by atoms with Gasteiger partial charge in [-0.2, -0.15) is 0 Å². The maximum absolute atomic E-state index is 10.4. The number of aliphatic carboxylic acids is 1. The predicted molar refractivity (Wildman–Crippen MR) is 168 cm³/mol. The van der Waals surface area contributed by atoms with Gasteiger partial charge in [0.25, 0.3) is 0 Å². The summed E-state index contributed by atoms with van der Waals surface area (Å²) in [5.41, 5.74) is 0. The van der Waals surface area contributed by atoms with E-state index < -0.39 is 5.97 Å². The Kier molecular flexibility index (Phi) is 39.6. The Morgan fingerprint density at radius 3 is 0.895 bits per heavy atom. The Balaban J connectivity index is 0. The molecule has 0 rings (SSSR count). The van der Waals surface area contributed by atoms with E-state index in [1.807, 2.05) is 0 Å². The molecule has 0 aliphatic rings. The Morgan fingerprint density at radius 1 is 0.421 bits per heavy atom. The highest BCUT2D eigenvalue weighted by molar-refractivity contribution is 5.66. The van der Waals surface area contributed by atoms with Gasteiger partial charge >= 0.3 is 5.97 Å². The van der Waals surface area contributed by atoms with Crippen LogP contribution in [0.1, 0.15) is 213 Å². The van der Waals surface area contributed by atoms with Crippen LogP contribution in [0.2, 0.25) is 0 Å². The van der Waals surface area contributed by atoms with Crippen LogP contribution < -0.4 is 0 Å². The van der Waals surface area contributed by atoms with Crippen LogP contribution >= 0.6 is 0 Å². The van der Waals surface area contributed by atoms with Crippen molar-refractivity contribution in [1.82, 2.24) is 0 Å². The molecule has 0 amide bonds. The minimum absolute atomic E-state index is 0.346. The lowest BCUT2D eigenvalue weighted by Gasteiger charge is -2.03. The molecule has 0 heterocycles. The number of rotatable bonds is 31. The molecule has 1 N–H and O–H groups in total. The van der Waals surface area contributed by atoms with E-state index in [4.69, 9.17) is 5.11 Å². The second-order valence-electron chi connectivity index (χ2n) is 11.6. The highest BCUT2D eigenvalue weighted by atomic mass is 16.4. The first kappa shape index (κ1) is 39.3. The molecule has 0 aromatic heterocycles. The number of hydrogen-bond acceptors (Lipinski definition) is 2. The summed E-state index contributed by atoms with van der Waals surface area (Å²) in [6, 6.07) is 0. The predicted octanol–water partition coefficient (Wildman–Crippen LogP) is 12.4. The zero-order chi connectivity index (χ0) is 28.2. The zero-order valence-electron chi connectivity index (χ0n) is 26.3. The normalized spacial score (nSPS) is 10.8. The highest BCUT2D eigenvalue weighted by Crippen LogP contribution is 2.14. The van der Waals surface area contributed by atoms with Gasteiger partial charge in [-0.3, -0.25) is 4.79 Å². The van der Waals surface area contributed by atoms with Crippen LogP contribution in [0.5, 0.6) is 0 Å². The number of unbranched alkanes of at least 4 members (excludes halogenated alkanes) is 28. The maximum Gasteiger partial charge on any atom is 0.303 e. The van der Waals surface area contributed by atoms with Gasteiger partial charge < -0.3 is 9.90 Å². The van der Waals surface area contributed by atoms with Crippen molar-refractivity contribution < 1.29 is 14.7 Å². The smallest absolute Gasteiger partial charge is 0.303 e. The molecule has 0 aliphatic heterocycles. The van der Waals surface area contributed by atoms with Crippen LogP contribution in [-0.2, 0) is 9.59 Å². The molecule has 3 heteroatoms.